The summed E-state index contributed by atoms with van der Waals surface area (Å²) in [6, 6.07) is 1.43. The largest absolute Gasteiger partial charge is 0.477 e. The molecule has 6 heteroatoms. The van der Waals surface area contributed by atoms with Crippen LogP contribution in [-0.2, 0) is 13.6 Å². The summed E-state index contributed by atoms with van der Waals surface area (Å²) in [6.07, 6.45) is 5.12. The van der Waals surface area contributed by atoms with Crippen LogP contribution in [0.5, 0.6) is 0 Å². The number of carbonyl (C=O) groups is 1. The summed E-state index contributed by atoms with van der Waals surface area (Å²) in [7, 11) is 1.81. The van der Waals surface area contributed by atoms with Gasteiger partial charge in [0.15, 0.2) is 0 Å². The third-order valence-corrected chi connectivity index (χ3v) is 2.40. The third-order valence-electron chi connectivity index (χ3n) is 2.19. The molecule has 0 saturated heterocycles. The highest BCUT2D eigenvalue weighted by Gasteiger charge is 2.12. The average Bonchev–Trinajstić information content (AvgIpc) is 2.74. The number of rotatable bonds is 3. The predicted molar refractivity (Wildman–Crippen MR) is 58.7 cm³/mol. The fourth-order valence-corrected chi connectivity index (χ4v) is 1.76. The second-order valence-electron chi connectivity index (χ2n) is 3.50. The SMILES string of the molecule is Cn1cc(Cn2cc(Cl)cc2C(=O)O)cn1. The maximum absolute atomic E-state index is 10.9. The molecule has 0 aliphatic carbocycles. The summed E-state index contributed by atoms with van der Waals surface area (Å²) in [6.45, 7) is 0.447. The van der Waals surface area contributed by atoms with Crippen LogP contribution in [0, 0.1) is 0 Å². The number of halogens is 1. The smallest absolute Gasteiger partial charge is 0.352 e. The molecule has 0 spiro atoms. The monoisotopic (exact) mass is 239 g/mol. The van der Waals surface area contributed by atoms with Crippen LogP contribution in [0.1, 0.15) is 16.1 Å². The normalized spacial score (nSPS) is 10.6. The first kappa shape index (κ1) is 10.8. The molecule has 2 heterocycles. The van der Waals surface area contributed by atoms with Crippen molar-refractivity contribution >= 4 is 17.6 Å². The summed E-state index contributed by atoms with van der Waals surface area (Å²) >= 11 is 5.78. The van der Waals surface area contributed by atoms with Crippen molar-refractivity contribution in [1.82, 2.24) is 14.3 Å². The summed E-state index contributed by atoms with van der Waals surface area (Å²) < 4.78 is 3.25. The molecule has 16 heavy (non-hydrogen) atoms. The van der Waals surface area contributed by atoms with E-state index in [-0.39, 0.29) is 5.69 Å². The topological polar surface area (TPSA) is 60.0 Å². The Hall–Kier alpha value is -1.75. The third kappa shape index (κ3) is 2.09. The molecular formula is C10H10ClN3O2. The number of nitrogens with zero attached hydrogens (tertiary/aromatic N) is 3. The van der Waals surface area contributed by atoms with Crippen LogP contribution >= 0.6 is 11.6 Å². The Bertz CT molecular complexity index is 530. The first-order valence-electron chi connectivity index (χ1n) is 4.63. The summed E-state index contributed by atoms with van der Waals surface area (Å²) in [5.74, 6) is -0.990. The van der Waals surface area contributed by atoms with Crippen molar-refractivity contribution in [3.8, 4) is 0 Å². The maximum Gasteiger partial charge on any atom is 0.352 e. The van der Waals surface area contributed by atoms with E-state index in [4.69, 9.17) is 16.7 Å². The molecule has 2 aromatic rings. The van der Waals surface area contributed by atoms with Gasteiger partial charge in [-0.1, -0.05) is 11.6 Å². The number of aromatic carboxylic acids is 1. The first-order chi connectivity index (χ1) is 7.56. The van der Waals surface area contributed by atoms with Crippen molar-refractivity contribution in [2.75, 3.05) is 0 Å². The zero-order chi connectivity index (χ0) is 11.7. The molecule has 1 N–H and O–H groups in total. The molecule has 0 atom stereocenters. The van der Waals surface area contributed by atoms with Gasteiger partial charge < -0.3 is 9.67 Å². The number of carboxylic acid groups (broad SMARTS) is 1. The van der Waals surface area contributed by atoms with E-state index in [0.717, 1.165) is 5.56 Å². The molecule has 0 aromatic carbocycles. The Morgan fingerprint density at radius 2 is 2.31 bits per heavy atom. The summed E-state index contributed by atoms with van der Waals surface area (Å²) in [5.41, 5.74) is 1.10. The number of aromatic nitrogens is 3. The van der Waals surface area contributed by atoms with Gasteiger partial charge in [-0.3, -0.25) is 4.68 Å². The number of aryl methyl sites for hydroxylation is 1. The Morgan fingerprint density at radius 1 is 1.56 bits per heavy atom. The van der Waals surface area contributed by atoms with Crippen molar-refractivity contribution in [3.05, 3.63) is 40.9 Å². The van der Waals surface area contributed by atoms with Gasteiger partial charge in [0, 0.05) is 25.0 Å². The highest BCUT2D eigenvalue weighted by Crippen LogP contribution is 2.15. The van der Waals surface area contributed by atoms with Gasteiger partial charge in [0.25, 0.3) is 0 Å². The molecule has 0 amide bonds. The van der Waals surface area contributed by atoms with E-state index in [1.807, 2.05) is 13.2 Å². The fraction of sp³-hybridized carbons (Fsp3) is 0.200. The highest BCUT2D eigenvalue weighted by molar-refractivity contribution is 6.30. The lowest BCUT2D eigenvalue weighted by Crippen LogP contribution is -2.08. The minimum Gasteiger partial charge on any atom is -0.477 e. The summed E-state index contributed by atoms with van der Waals surface area (Å²) in [4.78, 5) is 10.9. The molecule has 2 aromatic heterocycles. The lowest BCUT2D eigenvalue weighted by atomic mass is 10.3. The van der Waals surface area contributed by atoms with E-state index in [9.17, 15) is 4.79 Å². The van der Waals surface area contributed by atoms with Crippen LogP contribution in [0.2, 0.25) is 5.02 Å². The van der Waals surface area contributed by atoms with E-state index in [1.165, 1.54) is 6.07 Å². The highest BCUT2D eigenvalue weighted by atomic mass is 35.5. The molecular weight excluding hydrogens is 230 g/mol. The van der Waals surface area contributed by atoms with E-state index in [1.54, 1.807) is 21.6 Å². The fourth-order valence-electron chi connectivity index (χ4n) is 1.53. The van der Waals surface area contributed by atoms with Gasteiger partial charge in [-0.2, -0.15) is 5.10 Å². The zero-order valence-corrected chi connectivity index (χ0v) is 9.35. The van der Waals surface area contributed by atoms with Crippen LogP contribution in [0.3, 0.4) is 0 Å². The molecule has 0 radical (unpaired) electrons. The van der Waals surface area contributed by atoms with E-state index >= 15 is 0 Å². The van der Waals surface area contributed by atoms with Crippen LogP contribution in [0.25, 0.3) is 0 Å². The van der Waals surface area contributed by atoms with Gasteiger partial charge in [-0.05, 0) is 6.07 Å². The number of hydrogen-bond donors (Lipinski definition) is 1. The standard InChI is InChI=1S/C10H10ClN3O2/c1-13-4-7(3-12-13)5-14-6-8(11)2-9(14)10(15)16/h2-4,6H,5H2,1H3,(H,15,16). The molecule has 0 aliphatic rings. The Balaban J connectivity index is 2.30. The van der Waals surface area contributed by atoms with Gasteiger partial charge in [0.05, 0.1) is 17.8 Å². The maximum atomic E-state index is 10.9. The van der Waals surface area contributed by atoms with Gasteiger partial charge >= 0.3 is 5.97 Å². The van der Waals surface area contributed by atoms with Crippen LogP contribution in [-0.4, -0.2) is 25.4 Å². The average molecular weight is 240 g/mol. The van der Waals surface area contributed by atoms with Crippen molar-refractivity contribution in [2.45, 2.75) is 6.54 Å². The minimum absolute atomic E-state index is 0.175. The van der Waals surface area contributed by atoms with Crippen molar-refractivity contribution in [2.24, 2.45) is 7.05 Å². The van der Waals surface area contributed by atoms with Crippen molar-refractivity contribution in [3.63, 3.8) is 0 Å². The van der Waals surface area contributed by atoms with Crippen LogP contribution in [0.15, 0.2) is 24.7 Å². The molecule has 5 nitrogen and oxygen atoms in total. The van der Waals surface area contributed by atoms with Gasteiger partial charge in [0.1, 0.15) is 5.69 Å². The Labute approximate surface area is 96.9 Å². The quantitative estimate of drug-likeness (QED) is 0.886. The van der Waals surface area contributed by atoms with E-state index in [2.05, 4.69) is 5.10 Å². The second kappa shape index (κ2) is 4.02. The van der Waals surface area contributed by atoms with E-state index < -0.39 is 5.97 Å². The number of hydrogen-bond acceptors (Lipinski definition) is 2. The molecule has 0 fully saturated rings. The van der Waals surface area contributed by atoms with Crippen LogP contribution < -0.4 is 0 Å². The van der Waals surface area contributed by atoms with Crippen LogP contribution in [0.4, 0.5) is 0 Å². The summed E-state index contributed by atoms with van der Waals surface area (Å²) in [5, 5.41) is 13.4. The van der Waals surface area contributed by atoms with Gasteiger partial charge in [0.2, 0.25) is 0 Å². The molecule has 0 bridgehead atoms. The first-order valence-corrected chi connectivity index (χ1v) is 5.00. The van der Waals surface area contributed by atoms with Crippen molar-refractivity contribution < 1.29 is 9.90 Å². The molecule has 0 unspecified atom stereocenters. The lowest BCUT2D eigenvalue weighted by Gasteiger charge is -2.03. The van der Waals surface area contributed by atoms with Gasteiger partial charge in [-0.25, -0.2) is 4.79 Å². The molecule has 0 saturated carbocycles. The number of carboxylic acids is 1. The predicted octanol–water partition coefficient (Wildman–Crippen LogP) is 1.62. The van der Waals surface area contributed by atoms with Crippen molar-refractivity contribution in [1.29, 1.82) is 0 Å². The molecule has 84 valence electrons. The lowest BCUT2D eigenvalue weighted by molar-refractivity contribution is 0.0685. The second-order valence-corrected chi connectivity index (χ2v) is 3.94. The van der Waals surface area contributed by atoms with E-state index in [0.29, 0.717) is 11.6 Å². The minimum atomic E-state index is -0.990. The molecule has 2 rings (SSSR count). The Morgan fingerprint density at radius 3 is 2.88 bits per heavy atom. The Kier molecular flexibility index (Phi) is 2.70. The molecule has 0 aliphatic heterocycles. The van der Waals surface area contributed by atoms with Gasteiger partial charge in [-0.15, -0.1) is 0 Å². The zero-order valence-electron chi connectivity index (χ0n) is 8.59.